The Kier molecular flexibility index (Phi) is 5.97. The number of piperidine rings is 1. The molecule has 1 fully saturated rings. The van der Waals surface area contributed by atoms with Crippen molar-refractivity contribution in [2.75, 3.05) is 43.9 Å². The zero-order valence-electron chi connectivity index (χ0n) is 15.6. The van der Waals surface area contributed by atoms with Gasteiger partial charge in [-0.1, -0.05) is 6.07 Å². The van der Waals surface area contributed by atoms with E-state index in [2.05, 4.69) is 34.5 Å². The van der Waals surface area contributed by atoms with E-state index < -0.39 is 5.60 Å². The molecule has 0 unspecified atom stereocenters. The molecular formula is C19H31N3O2. The molecule has 1 aromatic rings. The highest BCUT2D eigenvalue weighted by Gasteiger charge is 2.26. The van der Waals surface area contributed by atoms with Gasteiger partial charge >= 0.3 is 6.09 Å². The number of hydrogen-bond acceptors (Lipinski definition) is 4. The first kappa shape index (κ1) is 18.4. The van der Waals surface area contributed by atoms with Gasteiger partial charge in [-0.05, 0) is 57.7 Å². The zero-order valence-corrected chi connectivity index (χ0v) is 15.6. The van der Waals surface area contributed by atoms with Crippen LogP contribution in [-0.4, -0.2) is 50.3 Å². The Bertz CT molecular complexity index is 544. The molecule has 1 aliphatic heterocycles. The first-order valence-electron chi connectivity index (χ1n) is 8.74. The summed E-state index contributed by atoms with van der Waals surface area (Å²) >= 11 is 0. The molecule has 1 N–H and O–H groups in total. The van der Waals surface area contributed by atoms with Crippen molar-refractivity contribution in [3.63, 3.8) is 0 Å². The number of anilines is 2. The molecule has 0 aliphatic carbocycles. The van der Waals surface area contributed by atoms with Crippen LogP contribution in [0.1, 0.15) is 33.6 Å². The van der Waals surface area contributed by atoms with Crippen molar-refractivity contribution in [1.82, 2.24) is 4.90 Å². The van der Waals surface area contributed by atoms with Gasteiger partial charge in [0.15, 0.2) is 0 Å². The van der Waals surface area contributed by atoms with Crippen LogP contribution < -0.4 is 10.2 Å². The van der Waals surface area contributed by atoms with Crippen LogP contribution in [0.5, 0.6) is 0 Å². The molecule has 134 valence electrons. The lowest BCUT2D eigenvalue weighted by Crippen LogP contribution is -2.42. The molecule has 24 heavy (non-hydrogen) atoms. The summed E-state index contributed by atoms with van der Waals surface area (Å²) in [6, 6.07) is 8.44. The average molecular weight is 333 g/mol. The summed E-state index contributed by atoms with van der Waals surface area (Å²) < 4.78 is 5.44. The SMILES string of the molecule is CN(C)c1cccc(NCC2CCN(C(=O)OC(C)(C)C)CC2)c1. The minimum Gasteiger partial charge on any atom is -0.444 e. The van der Waals surface area contributed by atoms with Gasteiger partial charge in [0, 0.05) is 45.1 Å². The fourth-order valence-electron chi connectivity index (χ4n) is 2.80. The Morgan fingerprint density at radius 2 is 1.96 bits per heavy atom. The summed E-state index contributed by atoms with van der Waals surface area (Å²) in [5.74, 6) is 0.590. The number of nitrogens with one attached hydrogen (secondary N) is 1. The Labute approximate surface area is 146 Å². The van der Waals surface area contributed by atoms with Crippen LogP contribution in [0.4, 0.5) is 16.2 Å². The maximum Gasteiger partial charge on any atom is 0.410 e. The minimum absolute atomic E-state index is 0.187. The normalized spacial score (nSPS) is 16.0. The highest BCUT2D eigenvalue weighted by molar-refractivity contribution is 5.68. The second kappa shape index (κ2) is 7.77. The molecule has 0 spiro atoms. The van der Waals surface area contributed by atoms with Gasteiger partial charge < -0.3 is 19.9 Å². The quantitative estimate of drug-likeness (QED) is 0.910. The van der Waals surface area contributed by atoms with Crippen molar-refractivity contribution >= 4 is 17.5 Å². The molecule has 0 aromatic heterocycles. The van der Waals surface area contributed by atoms with Gasteiger partial charge in [0.1, 0.15) is 5.60 Å². The minimum atomic E-state index is -0.424. The van der Waals surface area contributed by atoms with E-state index in [0.717, 1.165) is 38.2 Å². The van der Waals surface area contributed by atoms with Crippen molar-refractivity contribution in [2.24, 2.45) is 5.92 Å². The second-order valence-electron chi connectivity index (χ2n) is 7.74. The maximum absolute atomic E-state index is 12.1. The third kappa shape index (κ3) is 5.62. The van der Waals surface area contributed by atoms with Crippen molar-refractivity contribution in [2.45, 2.75) is 39.2 Å². The van der Waals surface area contributed by atoms with E-state index in [-0.39, 0.29) is 6.09 Å². The van der Waals surface area contributed by atoms with E-state index in [0.29, 0.717) is 5.92 Å². The molecule has 0 radical (unpaired) electrons. The van der Waals surface area contributed by atoms with Crippen LogP contribution in [0.3, 0.4) is 0 Å². The molecule has 2 rings (SSSR count). The number of carbonyl (C=O) groups excluding carboxylic acids is 1. The zero-order chi connectivity index (χ0) is 17.7. The molecule has 0 saturated carbocycles. The first-order chi connectivity index (χ1) is 11.2. The number of amides is 1. The lowest BCUT2D eigenvalue weighted by molar-refractivity contribution is 0.0188. The highest BCUT2D eigenvalue weighted by Crippen LogP contribution is 2.22. The van der Waals surface area contributed by atoms with Crippen LogP contribution >= 0.6 is 0 Å². The van der Waals surface area contributed by atoms with Crippen LogP contribution in [0.2, 0.25) is 0 Å². The molecule has 1 amide bonds. The monoisotopic (exact) mass is 333 g/mol. The molecular weight excluding hydrogens is 302 g/mol. The molecule has 0 atom stereocenters. The maximum atomic E-state index is 12.1. The molecule has 1 aliphatic rings. The van der Waals surface area contributed by atoms with Crippen LogP contribution in [0, 0.1) is 5.92 Å². The Morgan fingerprint density at radius 3 is 2.54 bits per heavy atom. The van der Waals surface area contributed by atoms with E-state index in [4.69, 9.17) is 4.74 Å². The first-order valence-corrected chi connectivity index (χ1v) is 8.74. The Hall–Kier alpha value is -1.91. The van der Waals surface area contributed by atoms with E-state index in [1.807, 2.05) is 39.8 Å². The van der Waals surface area contributed by atoms with Gasteiger partial charge in [-0.2, -0.15) is 0 Å². The standard InChI is InChI=1S/C19H31N3O2/c1-19(2,3)24-18(23)22-11-9-15(10-12-22)14-20-16-7-6-8-17(13-16)21(4)5/h6-8,13,15,20H,9-12,14H2,1-5H3. The molecule has 0 bridgehead atoms. The lowest BCUT2D eigenvalue weighted by atomic mass is 9.97. The number of nitrogens with zero attached hydrogens (tertiary/aromatic N) is 2. The molecule has 1 heterocycles. The van der Waals surface area contributed by atoms with Crippen molar-refractivity contribution in [1.29, 1.82) is 0 Å². The summed E-state index contributed by atoms with van der Waals surface area (Å²) in [6.45, 7) is 8.22. The van der Waals surface area contributed by atoms with Gasteiger partial charge in [0.2, 0.25) is 0 Å². The van der Waals surface area contributed by atoms with Gasteiger partial charge in [-0.3, -0.25) is 0 Å². The Morgan fingerprint density at radius 1 is 1.29 bits per heavy atom. The summed E-state index contributed by atoms with van der Waals surface area (Å²) in [6.07, 6.45) is 1.84. The number of hydrogen-bond donors (Lipinski definition) is 1. The number of likely N-dealkylation sites (tertiary alicyclic amines) is 1. The fraction of sp³-hybridized carbons (Fsp3) is 0.632. The van der Waals surface area contributed by atoms with Crippen molar-refractivity contribution < 1.29 is 9.53 Å². The third-order valence-corrected chi connectivity index (χ3v) is 4.22. The van der Waals surface area contributed by atoms with Gasteiger partial charge in [-0.25, -0.2) is 4.79 Å². The fourth-order valence-corrected chi connectivity index (χ4v) is 2.80. The van der Waals surface area contributed by atoms with Gasteiger partial charge in [0.05, 0.1) is 0 Å². The van der Waals surface area contributed by atoms with Gasteiger partial charge in [0.25, 0.3) is 0 Å². The van der Waals surface area contributed by atoms with Crippen LogP contribution in [-0.2, 0) is 4.74 Å². The van der Waals surface area contributed by atoms with Crippen molar-refractivity contribution in [3.05, 3.63) is 24.3 Å². The van der Waals surface area contributed by atoms with Crippen LogP contribution in [0.25, 0.3) is 0 Å². The highest BCUT2D eigenvalue weighted by atomic mass is 16.6. The lowest BCUT2D eigenvalue weighted by Gasteiger charge is -2.33. The molecule has 5 heteroatoms. The number of rotatable bonds is 4. The van der Waals surface area contributed by atoms with E-state index in [9.17, 15) is 4.79 Å². The summed E-state index contributed by atoms with van der Waals surface area (Å²) in [7, 11) is 4.09. The second-order valence-corrected chi connectivity index (χ2v) is 7.74. The predicted molar refractivity (Wildman–Crippen MR) is 99.8 cm³/mol. The molecule has 5 nitrogen and oxygen atoms in total. The van der Waals surface area contributed by atoms with E-state index >= 15 is 0 Å². The van der Waals surface area contributed by atoms with Crippen molar-refractivity contribution in [3.8, 4) is 0 Å². The number of ether oxygens (including phenoxy) is 1. The van der Waals surface area contributed by atoms with Gasteiger partial charge in [-0.15, -0.1) is 0 Å². The van der Waals surface area contributed by atoms with E-state index in [1.54, 1.807) is 0 Å². The van der Waals surface area contributed by atoms with E-state index in [1.165, 1.54) is 5.69 Å². The average Bonchev–Trinajstić information content (AvgIpc) is 2.52. The summed E-state index contributed by atoms with van der Waals surface area (Å²) in [5.41, 5.74) is 1.92. The smallest absolute Gasteiger partial charge is 0.410 e. The third-order valence-electron chi connectivity index (χ3n) is 4.22. The number of benzene rings is 1. The number of carbonyl (C=O) groups is 1. The Balaban J connectivity index is 1.77. The molecule has 1 aromatic carbocycles. The largest absolute Gasteiger partial charge is 0.444 e. The topological polar surface area (TPSA) is 44.8 Å². The molecule has 1 saturated heterocycles. The van der Waals surface area contributed by atoms with Crippen LogP contribution in [0.15, 0.2) is 24.3 Å². The summed E-state index contributed by atoms with van der Waals surface area (Å²) in [4.78, 5) is 16.0. The predicted octanol–water partition coefficient (Wildman–Crippen LogP) is 3.81. The summed E-state index contributed by atoms with van der Waals surface area (Å²) in [5, 5.41) is 3.53.